The average Bonchev–Trinajstić information content (AvgIpc) is 2.60. The average molecular weight is 349 g/mol. The minimum atomic E-state index is -1.12. The van der Waals surface area contributed by atoms with Crippen molar-refractivity contribution in [2.75, 3.05) is 5.75 Å². The number of carbonyl (C=O) groups excluding carboxylic acids is 1. The van der Waals surface area contributed by atoms with Crippen LogP contribution in [-0.2, 0) is 34.5 Å². The quantitative estimate of drug-likeness (QED) is 0.768. The van der Waals surface area contributed by atoms with E-state index in [9.17, 15) is 13.4 Å². The van der Waals surface area contributed by atoms with Crippen LogP contribution in [-0.4, -0.2) is 21.0 Å². The van der Waals surface area contributed by atoms with Gasteiger partial charge in [0.15, 0.2) is 0 Å². The smallest absolute Gasteiger partial charge is 0.221 e. The lowest BCUT2D eigenvalue weighted by Crippen LogP contribution is -2.24. The maximum Gasteiger partial charge on any atom is 0.221 e. The standard InChI is InChI=1S/C18H20FNO3S/c19-17-7-5-14(6-8-17)11-20-18(22)9-10-24(23)13-16-3-1-15(12-21)2-4-16/h1-8,21H,9-13H2,(H,20,22). The van der Waals surface area contributed by atoms with Crippen LogP contribution in [0.2, 0.25) is 0 Å². The summed E-state index contributed by atoms with van der Waals surface area (Å²) in [5.41, 5.74) is 2.54. The van der Waals surface area contributed by atoms with Crippen LogP contribution < -0.4 is 5.32 Å². The largest absolute Gasteiger partial charge is 0.392 e. The van der Waals surface area contributed by atoms with E-state index in [1.807, 2.05) is 12.1 Å². The van der Waals surface area contributed by atoms with Crippen molar-refractivity contribution in [1.82, 2.24) is 5.32 Å². The lowest BCUT2D eigenvalue weighted by molar-refractivity contribution is -0.120. The molecule has 24 heavy (non-hydrogen) atoms. The van der Waals surface area contributed by atoms with Crippen LogP contribution >= 0.6 is 0 Å². The van der Waals surface area contributed by atoms with Crippen molar-refractivity contribution >= 4 is 16.7 Å². The lowest BCUT2D eigenvalue weighted by atomic mass is 10.2. The molecule has 2 aromatic rings. The summed E-state index contributed by atoms with van der Waals surface area (Å²) < 4.78 is 24.8. The Morgan fingerprint density at radius 1 is 1.00 bits per heavy atom. The number of amides is 1. The maximum absolute atomic E-state index is 12.8. The van der Waals surface area contributed by atoms with E-state index >= 15 is 0 Å². The Balaban J connectivity index is 1.70. The van der Waals surface area contributed by atoms with E-state index in [1.165, 1.54) is 12.1 Å². The highest BCUT2D eigenvalue weighted by Gasteiger charge is 2.07. The summed E-state index contributed by atoms with van der Waals surface area (Å²) in [5.74, 6) is 0.185. The van der Waals surface area contributed by atoms with Crippen molar-refractivity contribution in [2.45, 2.75) is 25.3 Å². The van der Waals surface area contributed by atoms with Gasteiger partial charge in [-0.05, 0) is 28.8 Å². The molecule has 1 unspecified atom stereocenters. The molecule has 0 aliphatic rings. The number of aliphatic hydroxyl groups is 1. The zero-order chi connectivity index (χ0) is 17.4. The third-order valence-electron chi connectivity index (χ3n) is 3.49. The van der Waals surface area contributed by atoms with Crippen molar-refractivity contribution < 1.29 is 18.5 Å². The number of aliphatic hydroxyl groups excluding tert-OH is 1. The van der Waals surface area contributed by atoms with Crippen molar-refractivity contribution in [2.24, 2.45) is 0 Å². The van der Waals surface area contributed by atoms with Crippen LogP contribution in [0.3, 0.4) is 0 Å². The van der Waals surface area contributed by atoms with Crippen LogP contribution in [0.1, 0.15) is 23.1 Å². The van der Waals surface area contributed by atoms with Gasteiger partial charge in [-0.2, -0.15) is 0 Å². The van der Waals surface area contributed by atoms with Gasteiger partial charge in [-0.25, -0.2) is 4.39 Å². The van der Waals surface area contributed by atoms with Crippen molar-refractivity contribution in [1.29, 1.82) is 0 Å². The van der Waals surface area contributed by atoms with Crippen LogP contribution in [0.15, 0.2) is 48.5 Å². The Hall–Kier alpha value is -2.05. The summed E-state index contributed by atoms with van der Waals surface area (Å²) in [4.78, 5) is 11.8. The molecule has 2 N–H and O–H groups in total. The van der Waals surface area contributed by atoms with E-state index in [2.05, 4.69) is 5.32 Å². The number of rotatable bonds is 8. The normalized spacial score (nSPS) is 11.9. The molecular formula is C18H20FNO3S. The SMILES string of the molecule is O=C(CCS(=O)Cc1ccc(CO)cc1)NCc1ccc(F)cc1. The fraction of sp³-hybridized carbons (Fsp3) is 0.278. The third kappa shape index (κ3) is 6.22. The molecule has 0 radical (unpaired) electrons. The lowest BCUT2D eigenvalue weighted by Gasteiger charge is -2.06. The molecule has 6 heteroatoms. The highest BCUT2D eigenvalue weighted by Crippen LogP contribution is 2.08. The molecule has 0 aliphatic carbocycles. The number of halogens is 1. The van der Waals surface area contributed by atoms with Gasteiger partial charge in [-0.3, -0.25) is 9.00 Å². The molecule has 0 aliphatic heterocycles. The molecule has 1 atom stereocenters. The van der Waals surface area contributed by atoms with Crippen LogP contribution in [0.25, 0.3) is 0 Å². The first-order valence-corrected chi connectivity index (χ1v) is 9.10. The number of nitrogens with one attached hydrogen (secondary N) is 1. The predicted octanol–water partition coefficient (Wildman–Crippen LogP) is 2.27. The Morgan fingerprint density at radius 2 is 1.58 bits per heavy atom. The van der Waals surface area contributed by atoms with E-state index < -0.39 is 10.8 Å². The molecule has 0 heterocycles. The number of hydrogen-bond donors (Lipinski definition) is 2. The van der Waals surface area contributed by atoms with E-state index in [0.717, 1.165) is 16.7 Å². The van der Waals surface area contributed by atoms with E-state index in [1.54, 1.807) is 24.3 Å². The van der Waals surface area contributed by atoms with Crippen LogP contribution in [0, 0.1) is 5.82 Å². The summed E-state index contributed by atoms with van der Waals surface area (Å²) >= 11 is 0. The molecule has 0 fully saturated rings. The molecule has 0 spiro atoms. The molecule has 4 nitrogen and oxygen atoms in total. The zero-order valence-electron chi connectivity index (χ0n) is 13.2. The highest BCUT2D eigenvalue weighted by molar-refractivity contribution is 7.84. The highest BCUT2D eigenvalue weighted by atomic mass is 32.2. The summed E-state index contributed by atoms with van der Waals surface area (Å²) in [5, 5.41) is 11.7. The number of hydrogen-bond acceptors (Lipinski definition) is 3. The Labute approximate surface area is 143 Å². The maximum atomic E-state index is 12.8. The van der Waals surface area contributed by atoms with Gasteiger partial charge in [0.25, 0.3) is 0 Å². The fourth-order valence-electron chi connectivity index (χ4n) is 2.10. The first-order valence-electron chi connectivity index (χ1n) is 7.61. The van der Waals surface area contributed by atoms with Gasteiger partial charge in [0.05, 0.1) is 6.61 Å². The predicted molar refractivity (Wildman–Crippen MR) is 91.9 cm³/mol. The summed E-state index contributed by atoms with van der Waals surface area (Å²) in [6.07, 6.45) is 0.183. The van der Waals surface area contributed by atoms with Crippen LogP contribution in [0.4, 0.5) is 4.39 Å². The van der Waals surface area contributed by atoms with Crippen molar-refractivity contribution in [3.05, 3.63) is 71.0 Å². The minimum Gasteiger partial charge on any atom is -0.392 e. The second-order valence-corrected chi connectivity index (χ2v) is 6.99. The van der Waals surface area contributed by atoms with Gasteiger partial charge < -0.3 is 10.4 Å². The molecule has 2 aromatic carbocycles. The van der Waals surface area contributed by atoms with Gasteiger partial charge in [0.2, 0.25) is 5.91 Å². The topological polar surface area (TPSA) is 66.4 Å². The Bertz CT molecular complexity index is 686. The van der Waals surface area contributed by atoms with E-state index in [0.29, 0.717) is 12.3 Å². The first kappa shape index (κ1) is 18.3. The summed E-state index contributed by atoms with van der Waals surface area (Å²) in [6, 6.07) is 13.2. The second kappa shape index (κ2) is 9.30. The number of benzene rings is 2. The molecule has 128 valence electrons. The molecule has 1 amide bonds. The van der Waals surface area contributed by atoms with Gasteiger partial charge in [-0.15, -0.1) is 0 Å². The van der Waals surface area contributed by atoms with Gasteiger partial charge in [0.1, 0.15) is 5.82 Å². The minimum absolute atomic E-state index is 0.0163. The Kier molecular flexibility index (Phi) is 7.08. The molecule has 0 saturated heterocycles. The van der Waals surface area contributed by atoms with Crippen molar-refractivity contribution in [3.8, 4) is 0 Å². The Morgan fingerprint density at radius 3 is 2.21 bits per heavy atom. The first-order chi connectivity index (χ1) is 11.6. The summed E-state index contributed by atoms with van der Waals surface area (Å²) in [6.45, 7) is 0.311. The monoisotopic (exact) mass is 349 g/mol. The van der Waals surface area contributed by atoms with Crippen molar-refractivity contribution in [3.63, 3.8) is 0 Å². The molecule has 0 saturated carbocycles. The molecule has 0 aromatic heterocycles. The zero-order valence-corrected chi connectivity index (χ0v) is 14.0. The molecule has 2 rings (SSSR count). The van der Waals surface area contributed by atoms with Crippen LogP contribution in [0.5, 0.6) is 0 Å². The van der Waals surface area contributed by atoms with E-state index in [-0.39, 0.29) is 30.5 Å². The fourth-order valence-corrected chi connectivity index (χ4v) is 3.22. The molecular weight excluding hydrogens is 329 g/mol. The van der Waals surface area contributed by atoms with Gasteiger partial charge >= 0.3 is 0 Å². The number of carbonyl (C=O) groups is 1. The molecule has 0 bridgehead atoms. The second-order valence-electron chi connectivity index (χ2n) is 5.42. The van der Waals surface area contributed by atoms with E-state index in [4.69, 9.17) is 5.11 Å². The summed E-state index contributed by atoms with van der Waals surface area (Å²) in [7, 11) is -1.12. The van der Waals surface area contributed by atoms with Gasteiger partial charge in [-0.1, -0.05) is 36.4 Å². The van der Waals surface area contributed by atoms with Gasteiger partial charge in [0, 0.05) is 35.3 Å². The third-order valence-corrected chi connectivity index (χ3v) is 4.81.